The number of aryl methyl sites for hydroxylation is 1. The number of thioether (sulfide) groups is 1. The van der Waals surface area contributed by atoms with Crippen LogP contribution < -0.4 is 10.9 Å². The molecule has 1 fully saturated rings. The summed E-state index contributed by atoms with van der Waals surface area (Å²) >= 11 is 1.36. The van der Waals surface area contributed by atoms with E-state index < -0.39 is 46.1 Å². The molecule has 11 nitrogen and oxygen atoms in total. The Balaban J connectivity index is 1.35. The molecule has 46 heavy (non-hydrogen) atoms. The Morgan fingerprint density at radius 1 is 1.24 bits per heavy atom. The molecule has 5 heterocycles. The van der Waals surface area contributed by atoms with Gasteiger partial charge in [0.15, 0.2) is 11.0 Å². The highest BCUT2D eigenvalue weighted by Crippen LogP contribution is 2.46. The first-order valence-electron chi connectivity index (χ1n) is 15.5. The molecule has 0 bridgehead atoms. The number of esters is 1. The molecule has 0 saturated carbocycles. The number of ether oxygens (including phenoxy) is 2. The maximum atomic E-state index is 15.2. The van der Waals surface area contributed by atoms with Crippen molar-refractivity contribution in [2.45, 2.75) is 89.7 Å². The van der Waals surface area contributed by atoms with Crippen LogP contribution in [0.25, 0.3) is 22.3 Å². The first-order valence-corrected chi connectivity index (χ1v) is 16.5. The highest BCUT2D eigenvalue weighted by molar-refractivity contribution is 8.00. The van der Waals surface area contributed by atoms with Gasteiger partial charge in [-0.05, 0) is 69.7 Å². The number of nitrogens with zero attached hydrogens (tertiary/aromatic N) is 3. The van der Waals surface area contributed by atoms with Crippen LogP contribution in [0.5, 0.6) is 0 Å². The van der Waals surface area contributed by atoms with E-state index >= 15 is 4.39 Å². The van der Waals surface area contributed by atoms with Gasteiger partial charge in [-0.1, -0.05) is 6.92 Å². The maximum Gasteiger partial charge on any atom is 0.411 e. The highest BCUT2D eigenvalue weighted by atomic mass is 32.2. The molecule has 1 aromatic carbocycles. The zero-order valence-electron chi connectivity index (χ0n) is 26.3. The Morgan fingerprint density at radius 2 is 2.00 bits per heavy atom. The average Bonchev–Trinajstić information content (AvgIpc) is 3.64. The summed E-state index contributed by atoms with van der Waals surface area (Å²) in [7, 11) is 0. The topological polar surface area (TPSA) is 140 Å². The fourth-order valence-corrected chi connectivity index (χ4v) is 8.25. The van der Waals surface area contributed by atoms with Crippen LogP contribution in [0.3, 0.4) is 0 Å². The van der Waals surface area contributed by atoms with Gasteiger partial charge < -0.3 is 24.5 Å². The van der Waals surface area contributed by atoms with Crippen molar-refractivity contribution in [3.05, 3.63) is 61.7 Å². The summed E-state index contributed by atoms with van der Waals surface area (Å²) in [5.41, 5.74) is 1.28. The molecule has 2 amide bonds. The van der Waals surface area contributed by atoms with E-state index in [0.29, 0.717) is 53.2 Å². The van der Waals surface area contributed by atoms with Crippen molar-refractivity contribution < 1.29 is 33.4 Å². The SMILES string of the molecule is CC[C@@]1(O)C(=O)OCc2c1cc1n(c2=O)Cc2c-1nc1cc(F)c(C)c3c1c2[C@@H](NC(=O)[C@H]1SCCN1C(=O)OC(C)(C)C)CC3. The average molecular weight is 651 g/mol. The van der Waals surface area contributed by atoms with Gasteiger partial charge in [0, 0.05) is 34.9 Å². The molecule has 2 aromatic heterocycles. The normalized spacial score (nSPS) is 23.1. The van der Waals surface area contributed by atoms with Crippen molar-refractivity contribution in [3.63, 3.8) is 0 Å². The molecule has 242 valence electrons. The minimum absolute atomic E-state index is 0.00638. The van der Waals surface area contributed by atoms with E-state index in [2.05, 4.69) is 5.32 Å². The lowest BCUT2D eigenvalue weighted by molar-refractivity contribution is -0.172. The van der Waals surface area contributed by atoms with Gasteiger partial charge in [-0.3, -0.25) is 14.5 Å². The Kier molecular flexibility index (Phi) is 7.02. The summed E-state index contributed by atoms with van der Waals surface area (Å²) in [6.07, 6.45) is 0.416. The van der Waals surface area contributed by atoms with Crippen molar-refractivity contribution in [1.29, 1.82) is 0 Å². The smallest absolute Gasteiger partial charge is 0.411 e. The summed E-state index contributed by atoms with van der Waals surface area (Å²) in [5.74, 6) is -0.979. The Morgan fingerprint density at radius 3 is 2.72 bits per heavy atom. The van der Waals surface area contributed by atoms with Crippen molar-refractivity contribution >= 4 is 40.6 Å². The number of aliphatic hydroxyl groups is 1. The first-order chi connectivity index (χ1) is 21.7. The number of carbonyl (C=O) groups is 3. The number of hydrogen-bond acceptors (Lipinski definition) is 9. The van der Waals surface area contributed by atoms with E-state index in [1.807, 2.05) is 0 Å². The van der Waals surface area contributed by atoms with Crippen LogP contribution in [0.4, 0.5) is 9.18 Å². The number of nitrogens with one attached hydrogen (secondary N) is 1. The molecule has 2 N–H and O–H groups in total. The number of rotatable bonds is 3. The summed E-state index contributed by atoms with van der Waals surface area (Å²) in [6, 6.07) is 2.48. The van der Waals surface area contributed by atoms with Crippen LogP contribution in [0, 0.1) is 12.7 Å². The third kappa shape index (κ3) is 4.53. The van der Waals surface area contributed by atoms with Crippen molar-refractivity contribution in [2.75, 3.05) is 12.3 Å². The van der Waals surface area contributed by atoms with Gasteiger partial charge in [-0.2, -0.15) is 0 Å². The molecule has 0 radical (unpaired) electrons. The van der Waals surface area contributed by atoms with E-state index in [9.17, 15) is 24.3 Å². The van der Waals surface area contributed by atoms with Crippen LogP contribution in [0.15, 0.2) is 16.9 Å². The number of hydrogen-bond donors (Lipinski definition) is 2. The number of aromatic nitrogens is 2. The zero-order chi connectivity index (χ0) is 32.9. The highest BCUT2D eigenvalue weighted by Gasteiger charge is 2.46. The number of pyridine rings is 2. The van der Waals surface area contributed by atoms with E-state index in [0.717, 1.165) is 16.5 Å². The Bertz CT molecular complexity index is 1940. The molecular formula is C33H35FN4O7S. The van der Waals surface area contributed by atoms with Crippen LogP contribution in [-0.4, -0.2) is 60.8 Å². The first kappa shape index (κ1) is 30.7. The minimum atomic E-state index is -1.98. The number of benzene rings is 1. The molecule has 1 aliphatic carbocycles. The lowest BCUT2D eigenvalue weighted by atomic mass is 9.81. The molecule has 7 rings (SSSR count). The fourth-order valence-electron chi connectivity index (χ4n) is 7.14. The second-order valence-corrected chi connectivity index (χ2v) is 14.5. The molecule has 0 spiro atoms. The van der Waals surface area contributed by atoms with E-state index in [1.165, 1.54) is 27.3 Å². The van der Waals surface area contributed by atoms with Crippen LogP contribution >= 0.6 is 11.8 Å². The molecule has 13 heteroatoms. The molecule has 4 aliphatic rings. The van der Waals surface area contributed by atoms with Crippen LogP contribution in [0.1, 0.15) is 80.0 Å². The van der Waals surface area contributed by atoms with Gasteiger partial charge in [0.25, 0.3) is 11.5 Å². The number of amides is 2. The van der Waals surface area contributed by atoms with E-state index in [-0.39, 0.29) is 36.6 Å². The van der Waals surface area contributed by atoms with E-state index in [4.69, 9.17) is 14.5 Å². The maximum absolute atomic E-state index is 15.2. The largest absolute Gasteiger partial charge is 0.458 e. The van der Waals surface area contributed by atoms with Crippen molar-refractivity contribution in [3.8, 4) is 11.4 Å². The van der Waals surface area contributed by atoms with Gasteiger partial charge in [-0.25, -0.2) is 19.0 Å². The molecular weight excluding hydrogens is 615 g/mol. The van der Waals surface area contributed by atoms with E-state index in [1.54, 1.807) is 40.7 Å². The number of halogens is 1. The van der Waals surface area contributed by atoms with Gasteiger partial charge in [0.1, 0.15) is 18.0 Å². The standard InChI is InChI=1S/C33H35FN4O7S/c1-6-33(43)19-11-23-26-17(13-38(23)28(40)18(19)14-44-30(33)41)25-21(8-7-16-15(2)20(34)12-22(35-26)24(16)25)36-27(39)29-37(9-10-46-29)31(42)45-32(3,4)5/h11-12,21,29,43H,6-10,13-14H2,1-5H3,(H,36,39)/t21-,29+,33-/m0/s1. The molecule has 3 atom stereocenters. The van der Waals surface area contributed by atoms with Crippen molar-refractivity contribution in [2.24, 2.45) is 0 Å². The van der Waals surface area contributed by atoms with Gasteiger partial charge in [0.05, 0.1) is 35.1 Å². The molecule has 1 saturated heterocycles. The monoisotopic (exact) mass is 650 g/mol. The molecule has 3 aliphatic heterocycles. The number of carbonyl (C=O) groups excluding carboxylic acids is 3. The lowest BCUT2D eigenvalue weighted by Crippen LogP contribution is -2.47. The predicted octanol–water partition coefficient (Wildman–Crippen LogP) is 3.94. The zero-order valence-corrected chi connectivity index (χ0v) is 27.1. The summed E-state index contributed by atoms with van der Waals surface area (Å²) in [6.45, 7) is 8.94. The molecule has 3 aromatic rings. The minimum Gasteiger partial charge on any atom is -0.458 e. The summed E-state index contributed by atoms with van der Waals surface area (Å²) in [4.78, 5) is 59.6. The number of fused-ring (bicyclic) bond motifs is 5. The third-order valence-corrected chi connectivity index (χ3v) is 10.6. The Labute approximate surface area is 268 Å². The lowest BCUT2D eigenvalue weighted by Gasteiger charge is -2.32. The second kappa shape index (κ2) is 10.5. The molecule has 0 unspecified atom stereocenters. The third-order valence-electron chi connectivity index (χ3n) is 9.44. The quantitative estimate of drug-likeness (QED) is 0.316. The predicted molar refractivity (Wildman–Crippen MR) is 168 cm³/mol. The summed E-state index contributed by atoms with van der Waals surface area (Å²) < 4.78 is 27.5. The fraction of sp³-hybridized carbons (Fsp3) is 0.485. The van der Waals surface area contributed by atoms with Gasteiger partial charge in [-0.15, -0.1) is 11.8 Å². The van der Waals surface area contributed by atoms with Crippen LogP contribution in [0.2, 0.25) is 0 Å². The van der Waals surface area contributed by atoms with Crippen LogP contribution in [-0.2, 0) is 44.2 Å². The van der Waals surface area contributed by atoms with Gasteiger partial charge in [0.2, 0.25) is 0 Å². The second-order valence-electron chi connectivity index (χ2n) is 13.3. The van der Waals surface area contributed by atoms with Gasteiger partial charge >= 0.3 is 12.1 Å². The number of cyclic esters (lactones) is 1. The Hall–Kier alpha value is -3.97. The summed E-state index contributed by atoms with van der Waals surface area (Å²) in [5, 5.41) is 14.4. The van der Waals surface area contributed by atoms with Crippen molar-refractivity contribution in [1.82, 2.24) is 19.8 Å².